The lowest BCUT2D eigenvalue weighted by molar-refractivity contribution is -0.125. The van der Waals surface area contributed by atoms with Crippen LogP contribution in [0.2, 0.25) is 0 Å². The van der Waals surface area contributed by atoms with Crippen molar-refractivity contribution in [3.63, 3.8) is 0 Å². The molecule has 0 aromatic carbocycles. The number of nitrogens with one attached hydrogen (secondary N) is 1. The van der Waals surface area contributed by atoms with Crippen molar-refractivity contribution in [1.29, 1.82) is 0 Å². The Kier molecular flexibility index (Phi) is 5.70. The number of hydrogen-bond donors (Lipinski definition) is 1. The van der Waals surface area contributed by atoms with Crippen molar-refractivity contribution >= 4 is 5.91 Å². The zero-order valence-electron chi connectivity index (χ0n) is 13.2. The van der Waals surface area contributed by atoms with Gasteiger partial charge in [0.25, 0.3) is 0 Å². The van der Waals surface area contributed by atoms with Crippen LogP contribution in [0.3, 0.4) is 0 Å². The lowest BCUT2D eigenvalue weighted by atomic mass is 10.1. The average Bonchev–Trinajstić information content (AvgIpc) is 2.49. The van der Waals surface area contributed by atoms with E-state index in [2.05, 4.69) is 21.3 Å². The van der Waals surface area contributed by atoms with E-state index in [4.69, 9.17) is 4.74 Å². The second-order valence-electron chi connectivity index (χ2n) is 5.78. The summed E-state index contributed by atoms with van der Waals surface area (Å²) in [6, 6.07) is 2.08. The van der Waals surface area contributed by atoms with Gasteiger partial charge in [0.05, 0.1) is 13.2 Å². The molecule has 0 aliphatic carbocycles. The van der Waals surface area contributed by atoms with Crippen LogP contribution < -0.4 is 5.32 Å². The Morgan fingerprint density at radius 1 is 1.43 bits per heavy atom. The first-order chi connectivity index (χ1) is 10.1. The van der Waals surface area contributed by atoms with Gasteiger partial charge in [0.15, 0.2) is 0 Å². The Hall–Kier alpha value is -1.46. The van der Waals surface area contributed by atoms with Crippen LogP contribution in [0.1, 0.15) is 23.7 Å². The first-order valence-electron chi connectivity index (χ1n) is 7.56. The summed E-state index contributed by atoms with van der Waals surface area (Å²) in [5.74, 6) is 0.0855. The Labute approximate surface area is 126 Å². The summed E-state index contributed by atoms with van der Waals surface area (Å²) in [5, 5.41) is 3.00. The second kappa shape index (κ2) is 7.52. The third kappa shape index (κ3) is 4.79. The molecular weight excluding hydrogens is 266 g/mol. The standard InChI is InChI=1S/C16H25N3O2/c1-12-8-15(9-17-14(12)3)10-18-16(20)13(2)11-19-4-6-21-7-5-19/h8-9,13H,4-7,10-11H2,1-3H3,(H,18,20). The number of aryl methyl sites for hydroxylation is 2. The van der Waals surface area contributed by atoms with Gasteiger partial charge >= 0.3 is 0 Å². The van der Waals surface area contributed by atoms with Gasteiger partial charge in [-0.3, -0.25) is 14.7 Å². The minimum absolute atomic E-state index is 0.0115. The van der Waals surface area contributed by atoms with Gasteiger partial charge in [-0.05, 0) is 25.0 Å². The van der Waals surface area contributed by atoms with Gasteiger partial charge in [0, 0.05) is 44.0 Å². The first kappa shape index (κ1) is 15.9. The molecule has 1 saturated heterocycles. The van der Waals surface area contributed by atoms with E-state index in [0.29, 0.717) is 6.54 Å². The SMILES string of the molecule is Cc1cc(CNC(=O)C(C)CN2CCOCC2)cnc1C. The molecule has 1 N–H and O–H groups in total. The number of morpholine rings is 1. The Balaban J connectivity index is 1.78. The van der Waals surface area contributed by atoms with E-state index in [1.807, 2.05) is 27.0 Å². The van der Waals surface area contributed by atoms with E-state index >= 15 is 0 Å². The van der Waals surface area contributed by atoms with Crippen molar-refractivity contribution in [3.8, 4) is 0 Å². The highest BCUT2D eigenvalue weighted by molar-refractivity contribution is 5.78. The van der Waals surface area contributed by atoms with Crippen molar-refractivity contribution in [3.05, 3.63) is 29.1 Å². The number of carbonyl (C=O) groups is 1. The molecule has 5 nitrogen and oxygen atoms in total. The van der Waals surface area contributed by atoms with Crippen molar-refractivity contribution in [2.45, 2.75) is 27.3 Å². The Bertz CT molecular complexity index is 484. The third-order valence-corrected chi connectivity index (χ3v) is 3.95. The molecule has 1 aromatic heterocycles. The molecule has 0 saturated carbocycles. The van der Waals surface area contributed by atoms with Crippen LogP contribution >= 0.6 is 0 Å². The van der Waals surface area contributed by atoms with Gasteiger partial charge < -0.3 is 10.1 Å². The van der Waals surface area contributed by atoms with Crippen LogP contribution in [0.5, 0.6) is 0 Å². The lowest BCUT2D eigenvalue weighted by Crippen LogP contribution is -2.42. The normalized spacial score (nSPS) is 17.5. The second-order valence-corrected chi connectivity index (χ2v) is 5.78. The third-order valence-electron chi connectivity index (χ3n) is 3.95. The highest BCUT2D eigenvalue weighted by atomic mass is 16.5. The van der Waals surface area contributed by atoms with Crippen LogP contribution in [-0.2, 0) is 16.1 Å². The summed E-state index contributed by atoms with van der Waals surface area (Å²) >= 11 is 0. The van der Waals surface area contributed by atoms with Crippen molar-refractivity contribution in [1.82, 2.24) is 15.2 Å². The molecular formula is C16H25N3O2. The van der Waals surface area contributed by atoms with Gasteiger partial charge in [-0.2, -0.15) is 0 Å². The average molecular weight is 291 g/mol. The molecule has 1 unspecified atom stereocenters. The molecule has 1 aliphatic heterocycles. The minimum Gasteiger partial charge on any atom is -0.379 e. The maximum Gasteiger partial charge on any atom is 0.224 e. The molecule has 1 atom stereocenters. The van der Waals surface area contributed by atoms with E-state index in [1.165, 1.54) is 0 Å². The van der Waals surface area contributed by atoms with Gasteiger partial charge in [0.2, 0.25) is 5.91 Å². The number of ether oxygens (including phenoxy) is 1. The molecule has 21 heavy (non-hydrogen) atoms. The van der Waals surface area contributed by atoms with Crippen molar-refractivity contribution < 1.29 is 9.53 Å². The fourth-order valence-corrected chi connectivity index (χ4v) is 2.42. The fourth-order valence-electron chi connectivity index (χ4n) is 2.42. The lowest BCUT2D eigenvalue weighted by Gasteiger charge is -2.28. The van der Waals surface area contributed by atoms with Crippen LogP contribution in [0.4, 0.5) is 0 Å². The van der Waals surface area contributed by atoms with Crippen molar-refractivity contribution in [2.24, 2.45) is 5.92 Å². The van der Waals surface area contributed by atoms with Crippen LogP contribution in [-0.4, -0.2) is 48.6 Å². The van der Waals surface area contributed by atoms with Crippen LogP contribution in [0.15, 0.2) is 12.3 Å². The molecule has 1 amide bonds. The summed E-state index contributed by atoms with van der Waals surface area (Å²) in [7, 11) is 0. The summed E-state index contributed by atoms with van der Waals surface area (Å²) in [6.45, 7) is 10.7. The van der Waals surface area contributed by atoms with E-state index in [0.717, 1.165) is 49.7 Å². The zero-order chi connectivity index (χ0) is 15.2. The highest BCUT2D eigenvalue weighted by Gasteiger charge is 2.18. The maximum atomic E-state index is 12.2. The van der Waals surface area contributed by atoms with E-state index in [9.17, 15) is 4.79 Å². The van der Waals surface area contributed by atoms with Crippen LogP contribution in [0.25, 0.3) is 0 Å². The molecule has 5 heteroatoms. The minimum atomic E-state index is -0.0115. The molecule has 2 rings (SSSR count). The quantitative estimate of drug-likeness (QED) is 0.888. The molecule has 0 spiro atoms. The van der Waals surface area contributed by atoms with Gasteiger partial charge in [-0.1, -0.05) is 13.0 Å². The molecule has 0 bridgehead atoms. The van der Waals surface area contributed by atoms with Crippen LogP contribution in [0, 0.1) is 19.8 Å². The Morgan fingerprint density at radius 3 is 2.81 bits per heavy atom. The first-order valence-corrected chi connectivity index (χ1v) is 7.56. The molecule has 1 aliphatic rings. The number of aromatic nitrogens is 1. The number of amides is 1. The number of nitrogens with zero attached hydrogens (tertiary/aromatic N) is 2. The topological polar surface area (TPSA) is 54.5 Å². The zero-order valence-corrected chi connectivity index (χ0v) is 13.2. The maximum absolute atomic E-state index is 12.2. The number of rotatable bonds is 5. The molecule has 1 aromatic rings. The number of hydrogen-bond acceptors (Lipinski definition) is 4. The van der Waals surface area contributed by atoms with Gasteiger partial charge in [-0.25, -0.2) is 0 Å². The van der Waals surface area contributed by atoms with E-state index in [-0.39, 0.29) is 11.8 Å². The smallest absolute Gasteiger partial charge is 0.224 e. The fraction of sp³-hybridized carbons (Fsp3) is 0.625. The monoisotopic (exact) mass is 291 g/mol. The number of carbonyl (C=O) groups excluding carboxylic acids is 1. The summed E-state index contributed by atoms with van der Waals surface area (Å²) < 4.78 is 5.32. The molecule has 2 heterocycles. The summed E-state index contributed by atoms with van der Waals surface area (Å²) in [6.07, 6.45) is 1.83. The molecule has 1 fully saturated rings. The largest absolute Gasteiger partial charge is 0.379 e. The predicted octanol–water partition coefficient (Wildman–Crippen LogP) is 1.28. The molecule has 0 radical (unpaired) electrons. The van der Waals surface area contributed by atoms with Crippen molar-refractivity contribution in [2.75, 3.05) is 32.8 Å². The summed E-state index contributed by atoms with van der Waals surface area (Å²) in [4.78, 5) is 18.8. The number of pyridine rings is 1. The van der Waals surface area contributed by atoms with Gasteiger partial charge in [0.1, 0.15) is 0 Å². The Morgan fingerprint density at radius 2 is 2.14 bits per heavy atom. The molecule has 116 valence electrons. The summed E-state index contributed by atoms with van der Waals surface area (Å²) in [5.41, 5.74) is 3.24. The highest BCUT2D eigenvalue weighted by Crippen LogP contribution is 2.07. The van der Waals surface area contributed by atoms with E-state index < -0.39 is 0 Å². The van der Waals surface area contributed by atoms with Gasteiger partial charge in [-0.15, -0.1) is 0 Å². The van der Waals surface area contributed by atoms with E-state index in [1.54, 1.807) is 0 Å². The predicted molar refractivity (Wildman–Crippen MR) is 82.0 cm³/mol.